The average molecular weight is 446 g/mol. The van der Waals surface area contributed by atoms with Crippen LogP contribution in [0.1, 0.15) is 66.5 Å². The van der Waals surface area contributed by atoms with Crippen molar-refractivity contribution in [3.05, 3.63) is 59.7 Å². The summed E-state index contributed by atoms with van der Waals surface area (Å²) in [6.45, 7) is 17.3. The van der Waals surface area contributed by atoms with Crippen molar-refractivity contribution in [1.29, 1.82) is 0 Å². The van der Waals surface area contributed by atoms with Gasteiger partial charge in [0.2, 0.25) is 0 Å². The maximum absolute atomic E-state index is 6.42. The minimum Gasteiger partial charge on any atom is -0.417 e. The first-order valence-electron chi connectivity index (χ1n) is 11.5. The second-order valence-corrected chi connectivity index (χ2v) is 10.4. The van der Waals surface area contributed by atoms with Crippen LogP contribution in [0.3, 0.4) is 0 Å². The van der Waals surface area contributed by atoms with E-state index >= 15 is 0 Å². The zero-order valence-corrected chi connectivity index (χ0v) is 21.4. The molecule has 0 spiro atoms. The van der Waals surface area contributed by atoms with E-state index in [9.17, 15) is 0 Å². The van der Waals surface area contributed by atoms with Crippen molar-refractivity contribution < 1.29 is 13.7 Å². The lowest BCUT2D eigenvalue weighted by atomic mass is 10.0. The Morgan fingerprint density at radius 2 is 1.03 bits per heavy atom. The van der Waals surface area contributed by atoms with Crippen molar-refractivity contribution in [3.8, 4) is 11.5 Å². The molecule has 0 aliphatic heterocycles. The summed E-state index contributed by atoms with van der Waals surface area (Å²) in [6, 6.07) is 16.8. The molecule has 0 unspecified atom stereocenters. The van der Waals surface area contributed by atoms with Crippen LogP contribution in [-0.2, 0) is 17.5 Å². The van der Waals surface area contributed by atoms with Crippen LogP contribution in [0.25, 0.3) is 0 Å². The molecule has 0 fully saturated rings. The quantitative estimate of drug-likeness (QED) is 0.246. The molecule has 0 bridgehead atoms. The normalized spacial score (nSPS) is 12.1. The van der Waals surface area contributed by atoms with Crippen LogP contribution in [0.2, 0.25) is 0 Å². The number of benzene rings is 2. The molecule has 0 aliphatic carbocycles. The van der Waals surface area contributed by atoms with Crippen LogP contribution in [-0.4, -0.2) is 17.1 Å². The van der Waals surface area contributed by atoms with Crippen molar-refractivity contribution in [2.24, 2.45) is 11.8 Å². The minimum atomic E-state index is -1.67. The Balaban J connectivity index is 2.34. The monoisotopic (exact) mass is 445 g/mol. The molecule has 4 nitrogen and oxygen atoms in total. The first kappa shape index (κ1) is 25.6. The molecule has 172 valence electrons. The minimum absolute atomic E-state index is 0.203. The SMILES string of the molecule is CC(C)Cc1ccccc1OP(Oc1ccccc1CC(C)C)ON(C(C)C)C(C)C. The van der Waals surface area contributed by atoms with Crippen molar-refractivity contribution in [3.63, 3.8) is 0 Å². The second-order valence-electron chi connectivity index (χ2n) is 9.45. The van der Waals surface area contributed by atoms with Gasteiger partial charge in [0.1, 0.15) is 11.5 Å². The Labute approximate surface area is 190 Å². The van der Waals surface area contributed by atoms with Gasteiger partial charge in [-0.1, -0.05) is 64.1 Å². The van der Waals surface area contributed by atoms with Gasteiger partial charge >= 0.3 is 8.60 Å². The summed E-state index contributed by atoms with van der Waals surface area (Å²) in [5.74, 6) is 2.73. The van der Waals surface area contributed by atoms with E-state index in [2.05, 4.69) is 79.7 Å². The van der Waals surface area contributed by atoms with Crippen LogP contribution in [0.5, 0.6) is 11.5 Å². The predicted molar refractivity (Wildman–Crippen MR) is 131 cm³/mol. The van der Waals surface area contributed by atoms with E-state index in [1.165, 1.54) is 11.1 Å². The fourth-order valence-corrected chi connectivity index (χ4v) is 4.79. The molecule has 0 saturated carbocycles. The number of rotatable bonds is 12. The van der Waals surface area contributed by atoms with Gasteiger partial charge in [-0.25, -0.2) is 4.62 Å². The Bertz CT molecular complexity index is 728. The van der Waals surface area contributed by atoms with E-state index in [1.807, 2.05) is 29.3 Å². The molecule has 0 saturated heterocycles. The molecule has 2 aromatic rings. The summed E-state index contributed by atoms with van der Waals surface area (Å²) in [4.78, 5) is 0. The van der Waals surface area contributed by atoms with Crippen LogP contribution >= 0.6 is 8.60 Å². The molecule has 0 aromatic heterocycles. The van der Waals surface area contributed by atoms with E-state index in [1.54, 1.807) is 0 Å². The summed E-state index contributed by atoms with van der Waals surface area (Å²) in [5, 5.41) is 1.96. The lowest BCUT2D eigenvalue weighted by molar-refractivity contribution is -0.116. The van der Waals surface area contributed by atoms with Crippen LogP contribution in [0.15, 0.2) is 48.5 Å². The maximum Gasteiger partial charge on any atom is 0.481 e. The maximum atomic E-state index is 6.42. The molecule has 0 heterocycles. The second kappa shape index (κ2) is 12.4. The standard InChI is InChI=1S/C26H40NO3P/c1-19(2)17-23-13-9-11-15-25(23)28-31(30-27(21(5)6)22(7)8)29-26-16-12-10-14-24(26)18-20(3)4/h9-16,19-22H,17-18H2,1-8H3. The first-order valence-corrected chi connectivity index (χ1v) is 12.5. The highest BCUT2D eigenvalue weighted by Gasteiger charge is 2.27. The Morgan fingerprint density at radius 1 is 0.645 bits per heavy atom. The lowest BCUT2D eigenvalue weighted by Gasteiger charge is -2.31. The highest BCUT2D eigenvalue weighted by atomic mass is 31.2. The number of hydroxylamine groups is 2. The van der Waals surface area contributed by atoms with Crippen molar-refractivity contribution in [2.45, 2.75) is 80.3 Å². The van der Waals surface area contributed by atoms with Gasteiger partial charge in [-0.3, -0.25) is 0 Å². The summed E-state index contributed by atoms with van der Waals surface area (Å²) in [6.07, 6.45) is 1.89. The topological polar surface area (TPSA) is 30.9 Å². The van der Waals surface area contributed by atoms with Crippen LogP contribution in [0.4, 0.5) is 0 Å². The highest BCUT2D eigenvalue weighted by molar-refractivity contribution is 7.42. The Morgan fingerprint density at radius 3 is 1.39 bits per heavy atom. The fourth-order valence-electron chi connectivity index (χ4n) is 3.48. The van der Waals surface area contributed by atoms with Crippen LogP contribution < -0.4 is 9.05 Å². The Hall–Kier alpha value is -1.61. The number of para-hydroxylation sites is 2. The molecule has 0 radical (unpaired) electrons. The zero-order chi connectivity index (χ0) is 23.0. The molecule has 0 atom stereocenters. The van der Waals surface area contributed by atoms with Crippen LogP contribution in [0, 0.1) is 11.8 Å². The molecular formula is C26H40NO3P. The summed E-state index contributed by atoms with van der Waals surface area (Å²) < 4.78 is 19.2. The predicted octanol–water partition coefficient (Wildman–Crippen LogP) is 7.82. The van der Waals surface area contributed by atoms with E-state index in [-0.39, 0.29) is 12.1 Å². The third-order valence-corrected chi connectivity index (χ3v) is 5.74. The van der Waals surface area contributed by atoms with E-state index in [0.29, 0.717) is 11.8 Å². The van der Waals surface area contributed by atoms with Gasteiger partial charge < -0.3 is 9.05 Å². The van der Waals surface area contributed by atoms with Crippen molar-refractivity contribution in [1.82, 2.24) is 5.06 Å². The third kappa shape index (κ3) is 8.44. The molecule has 0 N–H and O–H groups in total. The first-order chi connectivity index (χ1) is 14.7. The van der Waals surface area contributed by atoms with Gasteiger partial charge in [-0.05, 0) is 75.6 Å². The van der Waals surface area contributed by atoms with E-state index in [0.717, 1.165) is 24.3 Å². The van der Waals surface area contributed by atoms with Gasteiger partial charge in [0.25, 0.3) is 0 Å². The number of hydrogen-bond acceptors (Lipinski definition) is 4. The van der Waals surface area contributed by atoms with Gasteiger partial charge in [0.05, 0.1) is 0 Å². The summed E-state index contributed by atoms with van der Waals surface area (Å²) in [5.41, 5.74) is 2.35. The number of nitrogens with zero attached hydrogens (tertiary/aromatic N) is 1. The molecule has 5 heteroatoms. The summed E-state index contributed by atoms with van der Waals surface area (Å²) >= 11 is 0. The molecule has 0 amide bonds. The van der Waals surface area contributed by atoms with E-state index < -0.39 is 8.60 Å². The smallest absolute Gasteiger partial charge is 0.417 e. The van der Waals surface area contributed by atoms with Crippen molar-refractivity contribution in [2.75, 3.05) is 0 Å². The van der Waals surface area contributed by atoms with Gasteiger partial charge in [-0.2, -0.15) is 5.06 Å². The van der Waals surface area contributed by atoms with E-state index in [4.69, 9.17) is 13.7 Å². The third-order valence-electron chi connectivity index (χ3n) is 4.73. The lowest BCUT2D eigenvalue weighted by Crippen LogP contribution is -2.36. The highest BCUT2D eigenvalue weighted by Crippen LogP contribution is 2.45. The average Bonchev–Trinajstić information content (AvgIpc) is 2.67. The van der Waals surface area contributed by atoms with Gasteiger partial charge in [0, 0.05) is 12.1 Å². The van der Waals surface area contributed by atoms with Gasteiger partial charge in [-0.15, -0.1) is 0 Å². The molecule has 2 rings (SSSR count). The van der Waals surface area contributed by atoms with Crippen molar-refractivity contribution >= 4 is 8.60 Å². The molecular weight excluding hydrogens is 405 g/mol. The zero-order valence-electron chi connectivity index (χ0n) is 20.5. The fraction of sp³-hybridized carbons (Fsp3) is 0.538. The molecule has 31 heavy (non-hydrogen) atoms. The molecule has 2 aromatic carbocycles. The summed E-state index contributed by atoms with van der Waals surface area (Å²) in [7, 11) is -1.67. The van der Waals surface area contributed by atoms with Gasteiger partial charge in [0.15, 0.2) is 0 Å². The Kier molecular flexibility index (Phi) is 10.3. The largest absolute Gasteiger partial charge is 0.481 e. The molecule has 0 aliphatic rings. The number of hydrogen-bond donors (Lipinski definition) is 0.